The first-order chi connectivity index (χ1) is 10.6. The second kappa shape index (κ2) is 7.91. The van der Waals surface area contributed by atoms with E-state index < -0.39 is 0 Å². The summed E-state index contributed by atoms with van der Waals surface area (Å²) in [6, 6.07) is 8.01. The molecule has 0 radical (unpaired) electrons. The lowest BCUT2D eigenvalue weighted by molar-refractivity contribution is 0.0942. The van der Waals surface area contributed by atoms with Gasteiger partial charge in [0, 0.05) is 11.9 Å². The van der Waals surface area contributed by atoms with Crippen LogP contribution in [0.5, 0.6) is 5.75 Å². The van der Waals surface area contributed by atoms with Crippen molar-refractivity contribution >= 4 is 17.2 Å². The van der Waals surface area contributed by atoms with Gasteiger partial charge < -0.3 is 15.8 Å². The molecule has 0 unspecified atom stereocenters. The van der Waals surface area contributed by atoms with Gasteiger partial charge in [-0.1, -0.05) is 26.0 Å². The van der Waals surface area contributed by atoms with E-state index in [4.69, 9.17) is 10.5 Å². The number of thiazole rings is 1. The Kier molecular flexibility index (Phi) is 5.91. The molecule has 0 fully saturated rings. The fourth-order valence-corrected chi connectivity index (χ4v) is 2.54. The number of hydrogen-bond acceptors (Lipinski definition) is 5. The summed E-state index contributed by atoms with van der Waals surface area (Å²) in [5.74, 6) is 1.11. The molecule has 0 aliphatic heterocycles. The van der Waals surface area contributed by atoms with Gasteiger partial charge in [-0.25, -0.2) is 4.98 Å². The zero-order valence-electron chi connectivity index (χ0n) is 12.8. The van der Waals surface area contributed by atoms with Crippen molar-refractivity contribution in [3.63, 3.8) is 0 Å². The van der Waals surface area contributed by atoms with Crippen LogP contribution >= 0.6 is 11.3 Å². The van der Waals surface area contributed by atoms with E-state index in [0.29, 0.717) is 31.3 Å². The number of nitrogens with one attached hydrogen (secondary N) is 1. The zero-order chi connectivity index (χ0) is 15.9. The minimum Gasteiger partial charge on any atom is -0.492 e. The smallest absolute Gasteiger partial charge is 0.270 e. The second-order valence-electron chi connectivity index (χ2n) is 5.16. The van der Waals surface area contributed by atoms with Gasteiger partial charge >= 0.3 is 0 Å². The van der Waals surface area contributed by atoms with Crippen LogP contribution in [0.1, 0.15) is 40.8 Å². The Balaban J connectivity index is 1.73. The van der Waals surface area contributed by atoms with Gasteiger partial charge in [-0.3, -0.25) is 4.79 Å². The van der Waals surface area contributed by atoms with Crippen molar-refractivity contribution in [2.45, 2.75) is 26.3 Å². The third-order valence-electron chi connectivity index (χ3n) is 3.16. The van der Waals surface area contributed by atoms with Gasteiger partial charge in [0.25, 0.3) is 5.91 Å². The SMILES string of the molecule is CC(C)c1ccc(OCCNC(=O)c2csc(CN)n2)cc1. The van der Waals surface area contributed by atoms with Gasteiger partial charge in [-0.05, 0) is 23.6 Å². The molecule has 1 aromatic heterocycles. The van der Waals surface area contributed by atoms with Crippen molar-refractivity contribution in [1.82, 2.24) is 10.3 Å². The number of ether oxygens (including phenoxy) is 1. The largest absolute Gasteiger partial charge is 0.492 e. The Labute approximate surface area is 134 Å². The lowest BCUT2D eigenvalue weighted by Crippen LogP contribution is -2.28. The Morgan fingerprint density at radius 2 is 2.09 bits per heavy atom. The van der Waals surface area contributed by atoms with E-state index in [1.165, 1.54) is 16.9 Å². The van der Waals surface area contributed by atoms with E-state index in [1.54, 1.807) is 5.38 Å². The predicted octanol–water partition coefficient (Wildman–Crippen LogP) is 2.53. The third-order valence-corrected chi connectivity index (χ3v) is 4.03. The van der Waals surface area contributed by atoms with Crippen molar-refractivity contribution in [3.05, 3.63) is 45.9 Å². The topological polar surface area (TPSA) is 77.2 Å². The van der Waals surface area contributed by atoms with E-state index in [1.807, 2.05) is 12.1 Å². The molecule has 0 spiro atoms. The van der Waals surface area contributed by atoms with Crippen LogP contribution in [0.2, 0.25) is 0 Å². The fourth-order valence-electron chi connectivity index (χ4n) is 1.88. The average Bonchev–Trinajstić information content (AvgIpc) is 3.01. The molecule has 6 heteroatoms. The van der Waals surface area contributed by atoms with Gasteiger partial charge in [-0.15, -0.1) is 11.3 Å². The van der Waals surface area contributed by atoms with E-state index >= 15 is 0 Å². The van der Waals surface area contributed by atoms with E-state index in [2.05, 4.69) is 36.3 Å². The maximum absolute atomic E-state index is 11.8. The molecule has 0 atom stereocenters. The highest BCUT2D eigenvalue weighted by Gasteiger charge is 2.09. The Hall–Kier alpha value is -1.92. The number of aromatic nitrogens is 1. The van der Waals surface area contributed by atoms with Crippen LogP contribution < -0.4 is 15.8 Å². The minimum absolute atomic E-state index is 0.199. The standard InChI is InChI=1S/C16H21N3O2S/c1-11(2)12-3-5-13(6-4-12)21-8-7-18-16(20)14-10-22-15(9-17)19-14/h3-6,10-11H,7-9,17H2,1-2H3,(H,18,20). The maximum atomic E-state index is 11.8. The zero-order valence-corrected chi connectivity index (χ0v) is 13.7. The molecular weight excluding hydrogens is 298 g/mol. The number of nitrogens with two attached hydrogens (primary N) is 1. The fraction of sp³-hybridized carbons (Fsp3) is 0.375. The molecule has 0 aliphatic rings. The van der Waals surface area contributed by atoms with Crippen LogP contribution in [-0.2, 0) is 6.54 Å². The van der Waals surface area contributed by atoms with Crippen LogP contribution in [0.15, 0.2) is 29.6 Å². The first-order valence-electron chi connectivity index (χ1n) is 7.25. The lowest BCUT2D eigenvalue weighted by atomic mass is 10.0. The number of rotatable bonds is 7. The van der Waals surface area contributed by atoms with Crippen LogP contribution in [0.3, 0.4) is 0 Å². The summed E-state index contributed by atoms with van der Waals surface area (Å²) in [4.78, 5) is 16.0. The summed E-state index contributed by atoms with van der Waals surface area (Å²) in [6.07, 6.45) is 0. The van der Waals surface area contributed by atoms with Crippen molar-refractivity contribution in [1.29, 1.82) is 0 Å². The van der Waals surface area contributed by atoms with Gasteiger partial charge in [0.15, 0.2) is 0 Å². The molecular formula is C16H21N3O2S. The first-order valence-corrected chi connectivity index (χ1v) is 8.13. The normalized spacial score (nSPS) is 10.7. The van der Waals surface area contributed by atoms with Crippen molar-refractivity contribution in [3.8, 4) is 5.75 Å². The first kappa shape index (κ1) is 16.5. The minimum atomic E-state index is -0.199. The molecule has 0 saturated carbocycles. The van der Waals surface area contributed by atoms with E-state index in [9.17, 15) is 4.79 Å². The third kappa shape index (κ3) is 4.54. The van der Waals surface area contributed by atoms with Gasteiger partial charge in [0.05, 0.1) is 6.54 Å². The molecule has 0 saturated heterocycles. The van der Waals surface area contributed by atoms with Gasteiger partial charge in [0.2, 0.25) is 0 Å². The van der Waals surface area contributed by atoms with Crippen LogP contribution in [0.25, 0.3) is 0 Å². The van der Waals surface area contributed by atoms with Gasteiger partial charge in [-0.2, -0.15) is 0 Å². The highest BCUT2D eigenvalue weighted by atomic mass is 32.1. The van der Waals surface area contributed by atoms with E-state index in [0.717, 1.165) is 10.8 Å². The van der Waals surface area contributed by atoms with E-state index in [-0.39, 0.29) is 5.91 Å². The molecule has 1 aromatic carbocycles. The average molecular weight is 319 g/mol. The molecule has 2 aromatic rings. The number of hydrogen-bond donors (Lipinski definition) is 2. The summed E-state index contributed by atoms with van der Waals surface area (Å²) in [6.45, 7) is 5.51. The second-order valence-corrected chi connectivity index (χ2v) is 6.10. The highest BCUT2D eigenvalue weighted by molar-refractivity contribution is 7.09. The summed E-state index contributed by atoms with van der Waals surface area (Å²) in [5, 5.41) is 5.24. The molecule has 22 heavy (non-hydrogen) atoms. The molecule has 118 valence electrons. The number of amides is 1. The summed E-state index contributed by atoms with van der Waals surface area (Å²) >= 11 is 1.39. The van der Waals surface area contributed by atoms with Crippen LogP contribution in [-0.4, -0.2) is 24.0 Å². The van der Waals surface area contributed by atoms with Crippen molar-refractivity contribution in [2.75, 3.05) is 13.2 Å². The molecule has 0 bridgehead atoms. The maximum Gasteiger partial charge on any atom is 0.270 e. The van der Waals surface area contributed by atoms with Gasteiger partial charge in [0.1, 0.15) is 23.1 Å². The van der Waals surface area contributed by atoms with Crippen molar-refractivity contribution in [2.24, 2.45) is 5.73 Å². The summed E-state index contributed by atoms with van der Waals surface area (Å²) in [7, 11) is 0. The molecule has 1 amide bonds. The number of nitrogens with zero attached hydrogens (tertiary/aromatic N) is 1. The molecule has 3 N–H and O–H groups in total. The summed E-state index contributed by atoms with van der Waals surface area (Å²) < 4.78 is 5.60. The van der Waals surface area contributed by atoms with Crippen LogP contribution in [0.4, 0.5) is 0 Å². The molecule has 2 rings (SSSR count). The number of benzene rings is 1. The Bertz CT molecular complexity index is 608. The van der Waals surface area contributed by atoms with Crippen LogP contribution in [0, 0.1) is 0 Å². The molecule has 5 nitrogen and oxygen atoms in total. The number of carbonyl (C=O) groups excluding carboxylic acids is 1. The quantitative estimate of drug-likeness (QED) is 0.769. The van der Waals surface area contributed by atoms with Crippen molar-refractivity contribution < 1.29 is 9.53 Å². The Morgan fingerprint density at radius 3 is 2.68 bits per heavy atom. The number of carbonyl (C=O) groups is 1. The predicted molar refractivity (Wildman–Crippen MR) is 88.4 cm³/mol. The molecule has 0 aliphatic carbocycles. The summed E-state index contributed by atoms with van der Waals surface area (Å²) in [5.41, 5.74) is 7.16. The molecule has 1 heterocycles. The lowest BCUT2D eigenvalue weighted by Gasteiger charge is -2.09. The highest BCUT2D eigenvalue weighted by Crippen LogP contribution is 2.18. The monoisotopic (exact) mass is 319 g/mol. The Morgan fingerprint density at radius 1 is 1.36 bits per heavy atom.